The van der Waals surface area contributed by atoms with Crippen LogP contribution in [0.2, 0.25) is 0 Å². The van der Waals surface area contributed by atoms with E-state index in [0.717, 1.165) is 50.2 Å². The molecule has 4 aromatic rings. The fourth-order valence-electron chi connectivity index (χ4n) is 5.03. The van der Waals surface area contributed by atoms with Crippen molar-refractivity contribution in [3.05, 3.63) is 88.6 Å². The summed E-state index contributed by atoms with van der Waals surface area (Å²) in [6.07, 6.45) is 0.918. The van der Waals surface area contributed by atoms with Gasteiger partial charge in [0, 0.05) is 49.2 Å². The molecule has 6 heteroatoms. The van der Waals surface area contributed by atoms with Crippen LogP contribution in [0.25, 0.3) is 21.8 Å². The number of hydrogen-bond donors (Lipinski definition) is 1. The molecule has 0 atom stereocenters. The smallest absolute Gasteiger partial charge is 0.239 e. The highest BCUT2D eigenvalue weighted by atomic mass is 16.2. The van der Waals surface area contributed by atoms with Crippen LogP contribution >= 0.6 is 0 Å². The third kappa shape index (κ3) is 5.08. The number of carbonyl (C=O) groups is 1. The number of fused-ring (bicyclic) bond motifs is 2. The van der Waals surface area contributed by atoms with Gasteiger partial charge in [-0.1, -0.05) is 36.4 Å². The highest BCUT2D eigenvalue weighted by molar-refractivity contribution is 5.94. The molecule has 1 aliphatic heterocycles. The van der Waals surface area contributed by atoms with Gasteiger partial charge in [0.15, 0.2) is 5.43 Å². The molecule has 1 saturated heterocycles. The lowest BCUT2D eigenvalue weighted by molar-refractivity contribution is -0.121. The lowest BCUT2D eigenvalue weighted by atomic mass is 10.1. The molecule has 1 fully saturated rings. The van der Waals surface area contributed by atoms with E-state index < -0.39 is 0 Å². The number of nitrogens with one attached hydrogen (secondary N) is 1. The standard InChI is InChI=1S/C29H32N4O2/c1-22-8-6-9-23(20-22)32-18-16-31(17-19-32)15-7-14-30-28(34)21-33-26-12-4-2-10-24(26)29(35)25-11-3-5-13-27(25)33/h2-6,8-13,20H,7,14-19,21H2,1H3,(H,30,34). The van der Waals surface area contributed by atoms with Crippen LogP contribution in [0.4, 0.5) is 5.69 Å². The molecule has 0 saturated carbocycles. The van der Waals surface area contributed by atoms with Crippen LogP contribution in [0, 0.1) is 6.92 Å². The fraction of sp³-hybridized carbons (Fsp3) is 0.310. The Morgan fingerprint density at radius 3 is 2.17 bits per heavy atom. The Kier molecular flexibility index (Phi) is 6.82. The van der Waals surface area contributed by atoms with Crippen molar-refractivity contribution in [2.45, 2.75) is 19.9 Å². The van der Waals surface area contributed by atoms with Gasteiger partial charge >= 0.3 is 0 Å². The summed E-state index contributed by atoms with van der Waals surface area (Å²) in [5.41, 5.74) is 4.19. The molecule has 6 nitrogen and oxygen atoms in total. The van der Waals surface area contributed by atoms with Crippen molar-refractivity contribution in [3.8, 4) is 0 Å². The van der Waals surface area contributed by atoms with Crippen molar-refractivity contribution >= 4 is 33.4 Å². The average Bonchev–Trinajstić information content (AvgIpc) is 2.89. The highest BCUT2D eigenvalue weighted by Gasteiger charge is 2.17. The minimum absolute atomic E-state index is 0.00959. The molecule has 1 N–H and O–H groups in total. The monoisotopic (exact) mass is 468 g/mol. The Bertz CT molecular complexity index is 1340. The first-order chi connectivity index (χ1) is 17.1. The first-order valence-corrected chi connectivity index (χ1v) is 12.4. The average molecular weight is 469 g/mol. The van der Waals surface area contributed by atoms with Crippen LogP contribution in [-0.4, -0.2) is 54.6 Å². The second-order valence-corrected chi connectivity index (χ2v) is 9.32. The summed E-state index contributed by atoms with van der Waals surface area (Å²) >= 11 is 0. The fourth-order valence-corrected chi connectivity index (χ4v) is 5.03. The van der Waals surface area contributed by atoms with Gasteiger partial charge < -0.3 is 14.8 Å². The molecule has 3 aromatic carbocycles. The molecule has 0 radical (unpaired) electrons. The number of anilines is 1. The molecular formula is C29H32N4O2. The van der Waals surface area contributed by atoms with Crippen LogP contribution in [0.3, 0.4) is 0 Å². The van der Waals surface area contributed by atoms with Crippen molar-refractivity contribution in [2.24, 2.45) is 0 Å². The second-order valence-electron chi connectivity index (χ2n) is 9.32. The molecule has 180 valence electrons. The SMILES string of the molecule is Cc1cccc(N2CCN(CCCNC(=O)Cn3c4ccccc4c(=O)c4ccccc43)CC2)c1. The van der Waals surface area contributed by atoms with Crippen LogP contribution in [0.15, 0.2) is 77.6 Å². The number of nitrogens with zero attached hydrogens (tertiary/aromatic N) is 3. The summed E-state index contributed by atoms with van der Waals surface area (Å²) in [6.45, 7) is 8.09. The van der Waals surface area contributed by atoms with Crippen LogP contribution in [0.1, 0.15) is 12.0 Å². The van der Waals surface area contributed by atoms with Crippen LogP contribution in [0.5, 0.6) is 0 Å². The topological polar surface area (TPSA) is 57.6 Å². The lowest BCUT2D eigenvalue weighted by Crippen LogP contribution is -2.47. The van der Waals surface area contributed by atoms with Gasteiger partial charge in [0.05, 0.1) is 11.0 Å². The maximum atomic E-state index is 12.9. The summed E-state index contributed by atoms with van der Waals surface area (Å²) in [7, 11) is 0. The summed E-state index contributed by atoms with van der Waals surface area (Å²) in [5.74, 6) is -0.0341. The Balaban J connectivity index is 1.15. The number of hydrogen-bond acceptors (Lipinski definition) is 4. The van der Waals surface area contributed by atoms with Gasteiger partial charge in [0.2, 0.25) is 5.91 Å². The quantitative estimate of drug-likeness (QED) is 0.331. The van der Waals surface area contributed by atoms with Gasteiger partial charge in [-0.3, -0.25) is 14.5 Å². The molecule has 35 heavy (non-hydrogen) atoms. The summed E-state index contributed by atoms with van der Waals surface area (Å²) in [6, 6.07) is 23.7. The number of piperazine rings is 1. The number of benzene rings is 3. The number of amides is 1. The molecule has 1 aromatic heterocycles. The van der Waals surface area contributed by atoms with Crippen LogP contribution < -0.4 is 15.6 Å². The zero-order valence-corrected chi connectivity index (χ0v) is 20.2. The van der Waals surface area contributed by atoms with E-state index in [-0.39, 0.29) is 17.9 Å². The van der Waals surface area contributed by atoms with E-state index in [1.54, 1.807) is 0 Å². The van der Waals surface area contributed by atoms with Crippen LogP contribution in [-0.2, 0) is 11.3 Å². The third-order valence-electron chi connectivity index (χ3n) is 6.89. The number of pyridine rings is 1. The molecule has 0 bridgehead atoms. The minimum atomic E-state index is -0.0341. The first kappa shape index (κ1) is 23.1. The predicted molar refractivity (Wildman–Crippen MR) is 143 cm³/mol. The number of carbonyl (C=O) groups excluding carboxylic acids is 1. The lowest BCUT2D eigenvalue weighted by Gasteiger charge is -2.36. The van der Waals surface area contributed by atoms with E-state index in [2.05, 4.69) is 46.3 Å². The van der Waals surface area contributed by atoms with Gasteiger partial charge in [-0.25, -0.2) is 0 Å². The summed E-state index contributed by atoms with van der Waals surface area (Å²) < 4.78 is 1.95. The molecular weight excluding hydrogens is 436 g/mol. The minimum Gasteiger partial charge on any atom is -0.369 e. The van der Waals surface area contributed by atoms with Gasteiger partial charge in [0.25, 0.3) is 0 Å². The van der Waals surface area contributed by atoms with Crippen molar-refractivity contribution in [2.75, 3.05) is 44.2 Å². The van der Waals surface area contributed by atoms with E-state index in [9.17, 15) is 9.59 Å². The predicted octanol–water partition coefficient (Wildman–Crippen LogP) is 3.79. The van der Waals surface area contributed by atoms with Crippen molar-refractivity contribution in [1.82, 2.24) is 14.8 Å². The van der Waals surface area contributed by atoms with E-state index in [0.29, 0.717) is 17.3 Å². The summed E-state index contributed by atoms with van der Waals surface area (Å²) in [5, 5.41) is 4.37. The Labute approximate surface area is 205 Å². The summed E-state index contributed by atoms with van der Waals surface area (Å²) in [4.78, 5) is 30.6. The molecule has 1 amide bonds. The molecule has 0 aliphatic carbocycles. The van der Waals surface area contributed by atoms with E-state index >= 15 is 0 Å². The van der Waals surface area contributed by atoms with Gasteiger partial charge in [-0.2, -0.15) is 0 Å². The Morgan fingerprint density at radius 1 is 0.857 bits per heavy atom. The van der Waals surface area contributed by atoms with Gasteiger partial charge in [-0.15, -0.1) is 0 Å². The van der Waals surface area contributed by atoms with E-state index in [1.165, 1.54) is 11.3 Å². The molecule has 2 heterocycles. The largest absolute Gasteiger partial charge is 0.369 e. The second kappa shape index (κ2) is 10.3. The Morgan fingerprint density at radius 2 is 1.51 bits per heavy atom. The number of rotatable bonds is 7. The zero-order valence-electron chi connectivity index (χ0n) is 20.2. The van der Waals surface area contributed by atoms with E-state index in [4.69, 9.17) is 0 Å². The molecule has 0 spiro atoms. The highest BCUT2D eigenvalue weighted by Crippen LogP contribution is 2.19. The van der Waals surface area contributed by atoms with Gasteiger partial charge in [-0.05, 0) is 61.9 Å². The number of para-hydroxylation sites is 2. The Hall–Kier alpha value is -3.64. The van der Waals surface area contributed by atoms with Crippen molar-refractivity contribution in [3.63, 3.8) is 0 Å². The van der Waals surface area contributed by atoms with Gasteiger partial charge in [0.1, 0.15) is 6.54 Å². The number of aryl methyl sites for hydroxylation is 1. The maximum Gasteiger partial charge on any atom is 0.239 e. The number of aromatic nitrogens is 1. The molecule has 0 unspecified atom stereocenters. The molecule has 1 aliphatic rings. The maximum absolute atomic E-state index is 12.9. The molecule has 5 rings (SSSR count). The van der Waals surface area contributed by atoms with Crippen molar-refractivity contribution in [1.29, 1.82) is 0 Å². The normalized spacial score (nSPS) is 14.5. The zero-order chi connectivity index (χ0) is 24.2. The van der Waals surface area contributed by atoms with Crippen molar-refractivity contribution < 1.29 is 4.79 Å². The first-order valence-electron chi connectivity index (χ1n) is 12.4. The third-order valence-corrected chi connectivity index (χ3v) is 6.89. The van der Waals surface area contributed by atoms with E-state index in [1.807, 2.05) is 53.1 Å².